The Hall–Kier alpha value is -2.17. The number of aryl methyl sites for hydroxylation is 2. The molecule has 104 valence electrons. The molecule has 1 aliphatic carbocycles. The van der Waals surface area contributed by atoms with Crippen molar-refractivity contribution < 1.29 is 14.4 Å². The summed E-state index contributed by atoms with van der Waals surface area (Å²) in [6.07, 6.45) is 1.07. The molecule has 2 unspecified atom stereocenters. The number of carboxylic acids is 1. The Kier molecular flexibility index (Phi) is 2.85. The molecule has 0 amide bonds. The van der Waals surface area contributed by atoms with Crippen LogP contribution >= 0.6 is 0 Å². The van der Waals surface area contributed by atoms with E-state index in [9.17, 15) is 9.90 Å². The number of rotatable bonds is 3. The second-order valence-electron chi connectivity index (χ2n) is 5.53. The number of carboxylic acid groups (broad SMARTS) is 1. The summed E-state index contributed by atoms with van der Waals surface area (Å²) in [6, 6.07) is 3.67. The Labute approximate surface area is 116 Å². The van der Waals surface area contributed by atoms with Crippen LogP contribution in [0, 0.1) is 19.8 Å². The topological polar surface area (TPSA) is 76.2 Å². The SMILES string of the molecule is Cc1ccc(C)c(-c2nc(C3CC3C)no2)c1C(=O)O. The summed E-state index contributed by atoms with van der Waals surface area (Å²) in [5.74, 6) is 0.951. The molecule has 20 heavy (non-hydrogen) atoms. The Morgan fingerprint density at radius 1 is 1.35 bits per heavy atom. The number of aromatic nitrogens is 2. The van der Waals surface area contributed by atoms with Gasteiger partial charge in [0.15, 0.2) is 5.82 Å². The van der Waals surface area contributed by atoms with Crippen LogP contribution in [-0.4, -0.2) is 21.2 Å². The van der Waals surface area contributed by atoms with Crippen LogP contribution in [0.1, 0.15) is 46.6 Å². The first-order chi connectivity index (χ1) is 9.49. The number of nitrogens with zero attached hydrogens (tertiary/aromatic N) is 2. The van der Waals surface area contributed by atoms with E-state index in [1.54, 1.807) is 13.0 Å². The van der Waals surface area contributed by atoms with Crippen LogP contribution < -0.4 is 0 Å². The molecule has 1 N–H and O–H groups in total. The molecular weight excluding hydrogens is 256 g/mol. The van der Waals surface area contributed by atoms with E-state index < -0.39 is 5.97 Å². The predicted molar refractivity (Wildman–Crippen MR) is 72.7 cm³/mol. The average Bonchev–Trinajstić information content (AvgIpc) is 2.93. The van der Waals surface area contributed by atoms with Crippen LogP contribution in [0.2, 0.25) is 0 Å². The first-order valence-electron chi connectivity index (χ1n) is 6.66. The minimum absolute atomic E-state index is 0.240. The quantitative estimate of drug-likeness (QED) is 0.928. The van der Waals surface area contributed by atoms with E-state index in [4.69, 9.17) is 4.52 Å². The minimum Gasteiger partial charge on any atom is -0.478 e. The molecule has 0 radical (unpaired) electrons. The summed E-state index contributed by atoms with van der Waals surface area (Å²) in [7, 11) is 0. The van der Waals surface area contributed by atoms with Gasteiger partial charge in [0.2, 0.25) is 0 Å². The third-order valence-corrected chi connectivity index (χ3v) is 3.93. The number of carbonyl (C=O) groups is 1. The molecule has 2 atom stereocenters. The number of hydrogen-bond acceptors (Lipinski definition) is 4. The van der Waals surface area contributed by atoms with Crippen LogP contribution in [0.3, 0.4) is 0 Å². The van der Waals surface area contributed by atoms with Gasteiger partial charge in [0.05, 0.1) is 11.1 Å². The van der Waals surface area contributed by atoms with Crippen LogP contribution in [-0.2, 0) is 0 Å². The van der Waals surface area contributed by atoms with Gasteiger partial charge in [0.1, 0.15) is 0 Å². The molecule has 5 nitrogen and oxygen atoms in total. The molecule has 1 fully saturated rings. The Morgan fingerprint density at radius 3 is 2.60 bits per heavy atom. The van der Waals surface area contributed by atoms with Gasteiger partial charge in [-0.25, -0.2) is 4.79 Å². The summed E-state index contributed by atoms with van der Waals surface area (Å²) in [6.45, 7) is 5.76. The standard InChI is InChI=1S/C15H16N2O3/c1-7-4-5-8(2)12(15(18)19)11(7)14-16-13(17-20-14)10-6-9(10)3/h4-5,9-10H,6H2,1-3H3,(H,18,19). The summed E-state index contributed by atoms with van der Waals surface area (Å²) in [5, 5.41) is 13.4. The monoisotopic (exact) mass is 272 g/mol. The number of hydrogen-bond donors (Lipinski definition) is 1. The fourth-order valence-electron chi connectivity index (χ4n) is 2.53. The Balaban J connectivity index is 2.11. The number of benzene rings is 1. The molecule has 1 heterocycles. The zero-order valence-corrected chi connectivity index (χ0v) is 11.7. The van der Waals surface area contributed by atoms with Crippen molar-refractivity contribution in [2.75, 3.05) is 0 Å². The van der Waals surface area contributed by atoms with Crippen LogP contribution in [0.5, 0.6) is 0 Å². The zero-order chi connectivity index (χ0) is 14.4. The van der Waals surface area contributed by atoms with Crippen molar-refractivity contribution in [2.45, 2.75) is 33.1 Å². The lowest BCUT2D eigenvalue weighted by Crippen LogP contribution is -2.04. The highest BCUT2D eigenvalue weighted by atomic mass is 16.5. The van der Waals surface area contributed by atoms with Gasteiger partial charge in [-0.15, -0.1) is 0 Å². The smallest absolute Gasteiger partial charge is 0.336 e. The zero-order valence-electron chi connectivity index (χ0n) is 11.7. The maximum absolute atomic E-state index is 11.5. The third-order valence-electron chi connectivity index (χ3n) is 3.93. The first-order valence-corrected chi connectivity index (χ1v) is 6.66. The number of aromatic carboxylic acids is 1. The lowest BCUT2D eigenvalue weighted by atomic mass is 9.97. The van der Waals surface area contributed by atoms with E-state index in [0.717, 1.165) is 12.0 Å². The van der Waals surface area contributed by atoms with E-state index in [-0.39, 0.29) is 5.56 Å². The van der Waals surface area contributed by atoms with Crippen molar-refractivity contribution in [2.24, 2.45) is 5.92 Å². The van der Waals surface area contributed by atoms with Gasteiger partial charge in [-0.1, -0.05) is 24.2 Å². The van der Waals surface area contributed by atoms with Crippen molar-refractivity contribution in [1.82, 2.24) is 10.1 Å². The molecule has 0 spiro atoms. The Bertz CT molecular complexity index is 690. The average molecular weight is 272 g/mol. The second kappa shape index (κ2) is 4.44. The summed E-state index contributed by atoms with van der Waals surface area (Å²) >= 11 is 0. The second-order valence-corrected chi connectivity index (χ2v) is 5.53. The normalized spacial score (nSPS) is 20.9. The minimum atomic E-state index is -0.972. The van der Waals surface area contributed by atoms with Crippen molar-refractivity contribution in [1.29, 1.82) is 0 Å². The highest BCUT2D eigenvalue weighted by molar-refractivity contribution is 5.97. The van der Waals surface area contributed by atoms with Gasteiger partial charge in [-0.05, 0) is 37.3 Å². The highest BCUT2D eigenvalue weighted by Crippen LogP contribution is 2.46. The maximum atomic E-state index is 11.5. The maximum Gasteiger partial charge on any atom is 0.336 e. The van der Waals surface area contributed by atoms with Gasteiger partial charge in [-0.3, -0.25) is 0 Å². The van der Waals surface area contributed by atoms with Crippen LogP contribution in [0.4, 0.5) is 0 Å². The fraction of sp³-hybridized carbons (Fsp3) is 0.400. The first kappa shape index (κ1) is 12.8. The molecule has 0 saturated heterocycles. The Morgan fingerprint density at radius 2 is 2.00 bits per heavy atom. The lowest BCUT2D eigenvalue weighted by Gasteiger charge is -2.08. The molecule has 1 aromatic heterocycles. The van der Waals surface area contributed by atoms with Gasteiger partial charge in [-0.2, -0.15) is 4.98 Å². The van der Waals surface area contributed by atoms with Crippen LogP contribution in [0.25, 0.3) is 11.5 Å². The molecular formula is C15H16N2O3. The largest absolute Gasteiger partial charge is 0.478 e. The molecule has 5 heteroatoms. The van der Waals surface area contributed by atoms with Gasteiger partial charge in [0.25, 0.3) is 5.89 Å². The molecule has 1 aliphatic rings. The van der Waals surface area contributed by atoms with E-state index in [2.05, 4.69) is 17.1 Å². The fourth-order valence-corrected chi connectivity index (χ4v) is 2.53. The van der Waals surface area contributed by atoms with Gasteiger partial charge in [0, 0.05) is 5.92 Å². The van der Waals surface area contributed by atoms with Crippen molar-refractivity contribution in [3.05, 3.63) is 34.6 Å². The molecule has 1 saturated carbocycles. The summed E-state index contributed by atoms with van der Waals surface area (Å²) in [5.41, 5.74) is 2.29. The van der Waals surface area contributed by atoms with Gasteiger partial charge >= 0.3 is 5.97 Å². The molecule has 1 aromatic carbocycles. The van der Waals surface area contributed by atoms with E-state index >= 15 is 0 Å². The van der Waals surface area contributed by atoms with Crippen molar-refractivity contribution in [3.63, 3.8) is 0 Å². The summed E-state index contributed by atoms with van der Waals surface area (Å²) in [4.78, 5) is 15.9. The molecule has 0 aliphatic heterocycles. The van der Waals surface area contributed by atoms with Crippen molar-refractivity contribution in [3.8, 4) is 11.5 Å². The lowest BCUT2D eigenvalue weighted by molar-refractivity contribution is 0.0696. The molecule has 2 aromatic rings. The summed E-state index contributed by atoms with van der Waals surface area (Å²) < 4.78 is 5.30. The molecule has 0 bridgehead atoms. The van der Waals surface area contributed by atoms with E-state index in [0.29, 0.717) is 34.7 Å². The van der Waals surface area contributed by atoms with E-state index in [1.807, 2.05) is 13.0 Å². The van der Waals surface area contributed by atoms with E-state index in [1.165, 1.54) is 0 Å². The van der Waals surface area contributed by atoms with Crippen LogP contribution in [0.15, 0.2) is 16.7 Å². The van der Waals surface area contributed by atoms with Gasteiger partial charge < -0.3 is 9.63 Å². The molecule has 3 rings (SSSR count). The predicted octanol–water partition coefficient (Wildman–Crippen LogP) is 3.18. The highest BCUT2D eigenvalue weighted by Gasteiger charge is 2.38. The third kappa shape index (κ3) is 1.99. The van der Waals surface area contributed by atoms with Crippen molar-refractivity contribution >= 4 is 5.97 Å².